The molecule has 3 heteroatoms. The third kappa shape index (κ3) is 3.92. The summed E-state index contributed by atoms with van der Waals surface area (Å²) in [5, 5.41) is 0. The maximum atomic E-state index is 11.5. The van der Waals surface area contributed by atoms with E-state index in [1.807, 2.05) is 6.92 Å². The molecule has 0 aromatic carbocycles. The van der Waals surface area contributed by atoms with Crippen LogP contribution in [0, 0.1) is 5.92 Å². The molecule has 88 valence electrons. The van der Waals surface area contributed by atoms with Gasteiger partial charge in [0, 0.05) is 20.1 Å². The molecule has 1 heterocycles. The molecule has 1 saturated heterocycles. The highest BCUT2D eigenvalue weighted by atomic mass is 16.5. The second kappa shape index (κ2) is 6.23. The minimum Gasteiger partial charge on any atom is -0.380 e. The van der Waals surface area contributed by atoms with Crippen LogP contribution in [0.5, 0.6) is 0 Å². The Morgan fingerprint density at radius 3 is 2.87 bits per heavy atom. The van der Waals surface area contributed by atoms with E-state index in [2.05, 4.69) is 11.8 Å². The molecule has 0 radical (unpaired) electrons. The zero-order valence-electron chi connectivity index (χ0n) is 10.2. The van der Waals surface area contributed by atoms with Crippen molar-refractivity contribution in [2.75, 3.05) is 26.7 Å². The van der Waals surface area contributed by atoms with E-state index in [-0.39, 0.29) is 0 Å². The van der Waals surface area contributed by atoms with Gasteiger partial charge < -0.3 is 4.74 Å². The second-order valence-corrected chi connectivity index (χ2v) is 4.56. The summed E-state index contributed by atoms with van der Waals surface area (Å²) >= 11 is 0. The van der Waals surface area contributed by atoms with Crippen LogP contribution in [-0.4, -0.2) is 43.5 Å². The molecule has 1 fully saturated rings. The largest absolute Gasteiger partial charge is 0.380 e. The molecule has 1 aliphatic heterocycles. The summed E-state index contributed by atoms with van der Waals surface area (Å²) in [6, 6.07) is 0. The van der Waals surface area contributed by atoms with Crippen molar-refractivity contribution in [2.24, 2.45) is 5.92 Å². The van der Waals surface area contributed by atoms with Gasteiger partial charge in [0.05, 0.1) is 12.6 Å². The van der Waals surface area contributed by atoms with Gasteiger partial charge in [-0.25, -0.2) is 0 Å². The standard InChI is InChI=1S/C12H23NO2/c1-4-5-11(14)8-13-7-6-10(2)12(9-13)15-3/h10,12H,4-9H2,1-3H3. The Balaban J connectivity index is 2.34. The van der Waals surface area contributed by atoms with Gasteiger partial charge in [-0.3, -0.25) is 9.69 Å². The van der Waals surface area contributed by atoms with Gasteiger partial charge in [-0.1, -0.05) is 13.8 Å². The van der Waals surface area contributed by atoms with Crippen molar-refractivity contribution in [1.29, 1.82) is 0 Å². The monoisotopic (exact) mass is 213 g/mol. The summed E-state index contributed by atoms with van der Waals surface area (Å²) < 4.78 is 5.42. The lowest BCUT2D eigenvalue weighted by Gasteiger charge is -2.35. The number of carbonyl (C=O) groups is 1. The highest BCUT2D eigenvalue weighted by Crippen LogP contribution is 2.19. The Kier molecular flexibility index (Phi) is 5.26. The quantitative estimate of drug-likeness (QED) is 0.696. The van der Waals surface area contributed by atoms with Crippen molar-refractivity contribution in [2.45, 2.75) is 39.2 Å². The highest BCUT2D eigenvalue weighted by molar-refractivity contribution is 5.80. The number of carbonyl (C=O) groups excluding carboxylic acids is 1. The first kappa shape index (κ1) is 12.7. The molecule has 3 nitrogen and oxygen atoms in total. The third-order valence-electron chi connectivity index (χ3n) is 3.21. The fourth-order valence-electron chi connectivity index (χ4n) is 2.16. The SMILES string of the molecule is CCCC(=O)CN1CCC(C)C(OC)C1. The molecule has 0 aromatic heterocycles. The summed E-state index contributed by atoms with van der Waals surface area (Å²) in [5.74, 6) is 0.981. The normalized spacial score (nSPS) is 27.9. The number of Topliss-reactive ketones (excluding diaryl/α,β-unsaturated/α-hetero) is 1. The van der Waals surface area contributed by atoms with E-state index < -0.39 is 0 Å². The van der Waals surface area contributed by atoms with Crippen molar-refractivity contribution >= 4 is 5.78 Å². The molecule has 0 bridgehead atoms. The van der Waals surface area contributed by atoms with Gasteiger partial charge in [0.2, 0.25) is 0 Å². The predicted octanol–water partition coefficient (Wildman–Crippen LogP) is 1.71. The molecule has 2 unspecified atom stereocenters. The van der Waals surface area contributed by atoms with Crippen molar-refractivity contribution in [3.8, 4) is 0 Å². The molecule has 0 aliphatic carbocycles. The van der Waals surface area contributed by atoms with Gasteiger partial charge in [-0.2, -0.15) is 0 Å². The summed E-state index contributed by atoms with van der Waals surface area (Å²) in [7, 11) is 1.76. The van der Waals surface area contributed by atoms with E-state index in [1.54, 1.807) is 7.11 Å². The molecule has 0 aromatic rings. The molecule has 1 aliphatic rings. The van der Waals surface area contributed by atoms with Crippen LogP contribution in [0.4, 0.5) is 0 Å². The van der Waals surface area contributed by atoms with Crippen molar-refractivity contribution in [3.05, 3.63) is 0 Å². The molecule has 0 saturated carbocycles. The van der Waals surface area contributed by atoms with E-state index in [9.17, 15) is 4.79 Å². The highest BCUT2D eigenvalue weighted by Gasteiger charge is 2.26. The van der Waals surface area contributed by atoms with Gasteiger partial charge >= 0.3 is 0 Å². The molecule has 15 heavy (non-hydrogen) atoms. The number of hydrogen-bond donors (Lipinski definition) is 0. The minimum atomic E-state index is 0.299. The number of likely N-dealkylation sites (tertiary alicyclic amines) is 1. The molecular weight excluding hydrogens is 190 g/mol. The number of nitrogens with zero attached hydrogens (tertiary/aromatic N) is 1. The van der Waals surface area contributed by atoms with Crippen molar-refractivity contribution < 1.29 is 9.53 Å². The predicted molar refractivity (Wildman–Crippen MR) is 60.9 cm³/mol. The minimum absolute atomic E-state index is 0.299. The van der Waals surface area contributed by atoms with Crippen LogP contribution in [0.2, 0.25) is 0 Å². The maximum Gasteiger partial charge on any atom is 0.146 e. The van der Waals surface area contributed by atoms with E-state index in [4.69, 9.17) is 4.74 Å². The topological polar surface area (TPSA) is 29.5 Å². The Hall–Kier alpha value is -0.410. The van der Waals surface area contributed by atoms with Crippen LogP contribution >= 0.6 is 0 Å². The zero-order valence-corrected chi connectivity index (χ0v) is 10.2. The number of rotatable bonds is 5. The fraction of sp³-hybridized carbons (Fsp3) is 0.917. The molecular formula is C12H23NO2. The van der Waals surface area contributed by atoms with Crippen LogP contribution < -0.4 is 0 Å². The summed E-state index contributed by atoms with van der Waals surface area (Å²) in [6.07, 6.45) is 3.10. The lowest BCUT2D eigenvalue weighted by Crippen LogP contribution is -2.45. The smallest absolute Gasteiger partial charge is 0.146 e. The van der Waals surface area contributed by atoms with Crippen LogP contribution in [-0.2, 0) is 9.53 Å². The Bertz CT molecular complexity index is 206. The van der Waals surface area contributed by atoms with Crippen LogP contribution in [0.15, 0.2) is 0 Å². The van der Waals surface area contributed by atoms with Crippen molar-refractivity contribution in [1.82, 2.24) is 4.90 Å². The van der Waals surface area contributed by atoms with E-state index in [1.165, 1.54) is 0 Å². The lowest BCUT2D eigenvalue weighted by atomic mass is 9.95. The fourth-order valence-corrected chi connectivity index (χ4v) is 2.16. The molecule has 1 rings (SSSR count). The first-order chi connectivity index (χ1) is 7.17. The van der Waals surface area contributed by atoms with Crippen LogP contribution in [0.1, 0.15) is 33.1 Å². The first-order valence-electron chi connectivity index (χ1n) is 5.94. The Morgan fingerprint density at radius 1 is 1.53 bits per heavy atom. The third-order valence-corrected chi connectivity index (χ3v) is 3.21. The average molecular weight is 213 g/mol. The van der Waals surface area contributed by atoms with Gasteiger partial charge in [0.1, 0.15) is 5.78 Å². The summed E-state index contributed by atoms with van der Waals surface area (Å²) in [6.45, 7) is 6.83. The number of piperidine rings is 1. The van der Waals surface area contributed by atoms with E-state index in [0.29, 0.717) is 30.8 Å². The number of ether oxygens (including phenoxy) is 1. The number of hydrogen-bond acceptors (Lipinski definition) is 3. The Morgan fingerprint density at radius 2 is 2.27 bits per heavy atom. The summed E-state index contributed by atoms with van der Waals surface area (Å²) in [4.78, 5) is 13.7. The average Bonchev–Trinajstić information content (AvgIpc) is 2.21. The van der Waals surface area contributed by atoms with Gasteiger partial charge in [0.15, 0.2) is 0 Å². The van der Waals surface area contributed by atoms with Gasteiger partial charge in [-0.05, 0) is 25.3 Å². The number of methoxy groups -OCH3 is 1. The first-order valence-corrected chi connectivity index (χ1v) is 5.94. The van der Waals surface area contributed by atoms with E-state index in [0.717, 1.165) is 25.9 Å². The van der Waals surface area contributed by atoms with Gasteiger partial charge in [-0.15, -0.1) is 0 Å². The Labute approximate surface area is 92.8 Å². The van der Waals surface area contributed by atoms with E-state index >= 15 is 0 Å². The van der Waals surface area contributed by atoms with Crippen LogP contribution in [0.3, 0.4) is 0 Å². The molecule has 0 spiro atoms. The molecule has 2 atom stereocenters. The lowest BCUT2D eigenvalue weighted by molar-refractivity contribution is -0.121. The molecule has 0 N–H and O–H groups in total. The van der Waals surface area contributed by atoms with Crippen molar-refractivity contribution in [3.63, 3.8) is 0 Å². The second-order valence-electron chi connectivity index (χ2n) is 4.56. The zero-order chi connectivity index (χ0) is 11.3. The van der Waals surface area contributed by atoms with Crippen LogP contribution in [0.25, 0.3) is 0 Å². The maximum absolute atomic E-state index is 11.5. The number of ketones is 1. The van der Waals surface area contributed by atoms with Gasteiger partial charge in [0.25, 0.3) is 0 Å². The summed E-state index contributed by atoms with van der Waals surface area (Å²) in [5.41, 5.74) is 0. The molecule has 0 amide bonds.